The topological polar surface area (TPSA) is 84.9 Å². The van der Waals surface area contributed by atoms with Gasteiger partial charge in [0.25, 0.3) is 15.9 Å². The number of nitrogens with zero attached hydrogens (tertiary/aromatic N) is 1. The van der Waals surface area contributed by atoms with Crippen molar-refractivity contribution in [2.45, 2.75) is 31.7 Å². The molecule has 7 nitrogen and oxygen atoms in total. The van der Waals surface area contributed by atoms with E-state index >= 15 is 0 Å². The fraction of sp³-hybridized carbons (Fsp3) is 0.269. The summed E-state index contributed by atoms with van der Waals surface area (Å²) in [4.78, 5) is 15.1. The molecule has 1 heterocycles. The van der Waals surface area contributed by atoms with Gasteiger partial charge in [0.2, 0.25) is 0 Å². The highest BCUT2D eigenvalue weighted by atomic mass is 32.2. The molecule has 1 aliphatic heterocycles. The maximum atomic E-state index is 13.1. The van der Waals surface area contributed by atoms with Crippen LogP contribution in [0.5, 0.6) is 11.5 Å². The van der Waals surface area contributed by atoms with E-state index in [9.17, 15) is 13.2 Å². The van der Waals surface area contributed by atoms with Crippen LogP contribution in [-0.2, 0) is 23.0 Å². The first kappa shape index (κ1) is 23.6. The maximum absolute atomic E-state index is 13.1. The summed E-state index contributed by atoms with van der Waals surface area (Å²) >= 11 is 0. The number of amides is 1. The number of ether oxygens (including phenoxy) is 2. The Morgan fingerprint density at radius 1 is 0.912 bits per heavy atom. The average molecular weight is 481 g/mol. The van der Waals surface area contributed by atoms with E-state index in [-0.39, 0.29) is 10.8 Å². The summed E-state index contributed by atoms with van der Waals surface area (Å²) in [6.45, 7) is 6.02. The van der Waals surface area contributed by atoms with Gasteiger partial charge in [-0.3, -0.25) is 9.52 Å². The van der Waals surface area contributed by atoms with E-state index in [0.717, 1.165) is 23.3 Å². The Balaban J connectivity index is 1.47. The zero-order valence-corrected chi connectivity index (χ0v) is 20.1. The second kappa shape index (κ2) is 10.2. The number of carbonyl (C=O) groups is 1. The van der Waals surface area contributed by atoms with Gasteiger partial charge in [0.1, 0.15) is 0 Å². The molecule has 1 N–H and O–H groups in total. The van der Waals surface area contributed by atoms with E-state index in [1.165, 1.54) is 12.1 Å². The third kappa shape index (κ3) is 5.17. The lowest BCUT2D eigenvalue weighted by atomic mass is 9.98. The number of anilines is 1. The van der Waals surface area contributed by atoms with Crippen molar-refractivity contribution >= 4 is 21.6 Å². The minimum atomic E-state index is -3.68. The molecule has 0 radical (unpaired) electrons. The zero-order chi connectivity index (χ0) is 24.1. The molecule has 0 spiro atoms. The van der Waals surface area contributed by atoms with Crippen LogP contribution in [0.25, 0.3) is 0 Å². The number of nitrogens with one attached hydrogen (secondary N) is 1. The normalized spacial score (nSPS) is 13.2. The van der Waals surface area contributed by atoms with Crippen LogP contribution in [0, 0.1) is 0 Å². The Bertz CT molecular complexity index is 1260. The molecule has 4 rings (SSSR count). The van der Waals surface area contributed by atoms with E-state index in [2.05, 4.69) is 4.72 Å². The smallest absolute Gasteiger partial charge is 0.261 e. The van der Waals surface area contributed by atoms with Gasteiger partial charge in [-0.05, 0) is 79.9 Å². The van der Waals surface area contributed by atoms with Crippen LogP contribution < -0.4 is 14.2 Å². The van der Waals surface area contributed by atoms with Gasteiger partial charge in [-0.2, -0.15) is 0 Å². The van der Waals surface area contributed by atoms with Crippen LogP contribution >= 0.6 is 0 Å². The molecule has 1 aliphatic rings. The van der Waals surface area contributed by atoms with Crippen molar-refractivity contribution in [3.8, 4) is 11.5 Å². The van der Waals surface area contributed by atoms with Gasteiger partial charge in [0.05, 0.1) is 18.1 Å². The van der Waals surface area contributed by atoms with Crippen molar-refractivity contribution < 1.29 is 22.7 Å². The Labute approximate surface area is 200 Å². The second-order valence-electron chi connectivity index (χ2n) is 7.91. The molecule has 178 valence electrons. The number of hydrogen-bond donors (Lipinski definition) is 1. The molecular weight excluding hydrogens is 452 g/mol. The molecule has 0 unspecified atom stereocenters. The lowest BCUT2D eigenvalue weighted by Crippen LogP contribution is -2.36. The van der Waals surface area contributed by atoms with Crippen LogP contribution in [0.15, 0.2) is 71.6 Å². The lowest BCUT2D eigenvalue weighted by Gasteiger charge is -2.30. The molecule has 1 amide bonds. The molecule has 0 fully saturated rings. The van der Waals surface area contributed by atoms with Gasteiger partial charge in [0, 0.05) is 24.3 Å². The quantitative estimate of drug-likeness (QED) is 0.514. The van der Waals surface area contributed by atoms with Gasteiger partial charge < -0.3 is 14.4 Å². The largest absolute Gasteiger partial charge is 0.490 e. The summed E-state index contributed by atoms with van der Waals surface area (Å²) in [6.07, 6.45) is 0.725. The lowest BCUT2D eigenvalue weighted by molar-refractivity contribution is 0.0734. The molecule has 3 aromatic carbocycles. The molecule has 0 saturated carbocycles. The minimum Gasteiger partial charge on any atom is -0.490 e. The first-order valence-corrected chi connectivity index (χ1v) is 12.8. The first-order valence-electron chi connectivity index (χ1n) is 11.3. The van der Waals surface area contributed by atoms with Gasteiger partial charge in [-0.15, -0.1) is 0 Å². The highest BCUT2D eigenvalue weighted by molar-refractivity contribution is 7.92. The molecule has 3 aromatic rings. The summed E-state index contributed by atoms with van der Waals surface area (Å²) < 4.78 is 39.0. The van der Waals surface area contributed by atoms with Crippen LogP contribution in [0.2, 0.25) is 0 Å². The Morgan fingerprint density at radius 2 is 1.53 bits per heavy atom. The predicted octanol–water partition coefficient (Wildman–Crippen LogP) is 4.48. The highest BCUT2D eigenvalue weighted by Crippen LogP contribution is 2.34. The third-order valence-electron chi connectivity index (χ3n) is 5.60. The fourth-order valence-electron chi connectivity index (χ4n) is 3.95. The van der Waals surface area contributed by atoms with Crippen molar-refractivity contribution in [3.05, 3.63) is 83.4 Å². The fourth-order valence-corrected chi connectivity index (χ4v) is 5.03. The molecular formula is C26H28N2O5S. The van der Waals surface area contributed by atoms with E-state index in [1.807, 2.05) is 26.0 Å². The van der Waals surface area contributed by atoms with E-state index in [0.29, 0.717) is 43.3 Å². The van der Waals surface area contributed by atoms with Crippen LogP contribution in [0.1, 0.15) is 35.3 Å². The summed E-state index contributed by atoms with van der Waals surface area (Å²) in [5, 5.41) is 0. The Hall–Kier alpha value is -3.52. The summed E-state index contributed by atoms with van der Waals surface area (Å²) in [7, 11) is -3.68. The first-order chi connectivity index (χ1) is 16.4. The zero-order valence-electron chi connectivity index (χ0n) is 19.3. The van der Waals surface area contributed by atoms with Crippen LogP contribution in [0.4, 0.5) is 5.69 Å². The van der Waals surface area contributed by atoms with E-state index < -0.39 is 10.0 Å². The van der Waals surface area contributed by atoms with Crippen molar-refractivity contribution in [1.29, 1.82) is 0 Å². The molecule has 0 saturated heterocycles. The molecule has 8 heteroatoms. The monoisotopic (exact) mass is 480 g/mol. The SMILES string of the molecule is CCOc1cc2c(cc1OCC)CN(C(=O)c1ccc(NS(=O)(=O)c3ccccc3)cc1)CC2. The van der Waals surface area contributed by atoms with Crippen molar-refractivity contribution in [2.24, 2.45) is 0 Å². The summed E-state index contributed by atoms with van der Waals surface area (Å²) in [5.41, 5.74) is 3.09. The highest BCUT2D eigenvalue weighted by Gasteiger charge is 2.24. The Morgan fingerprint density at radius 3 is 2.15 bits per heavy atom. The van der Waals surface area contributed by atoms with Crippen molar-refractivity contribution in [2.75, 3.05) is 24.5 Å². The van der Waals surface area contributed by atoms with Crippen molar-refractivity contribution in [3.63, 3.8) is 0 Å². The molecule has 0 aliphatic carbocycles. The number of fused-ring (bicyclic) bond motifs is 1. The number of sulfonamides is 1. The number of benzene rings is 3. The summed E-state index contributed by atoms with van der Waals surface area (Å²) in [6, 6.07) is 18.6. The average Bonchev–Trinajstić information content (AvgIpc) is 2.85. The number of carbonyl (C=O) groups excluding carboxylic acids is 1. The third-order valence-corrected chi connectivity index (χ3v) is 7.00. The minimum absolute atomic E-state index is 0.102. The summed E-state index contributed by atoms with van der Waals surface area (Å²) in [5.74, 6) is 1.32. The maximum Gasteiger partial charge on any atom is 0.261 e. The van der Waals surface area contributed by atoms with Crippen molar-refractivity contribution in [1.82, 2.24) is 4.90 Å². The number of rotatable bonds is 8. The molecule has 0 aromatic heterocycles. The van der Waals surface area contributed by atoms with Gasteiger partial charge in [-0.25, -0.2) is 8.42 Å². The van der Waals surface area contributed by atoms with E-state index in [4.69, 9.17) is 9.47 Å². The molecule has 0 atom stereocenters. The van der Waals surface area contributed by atoms with Gasteiger partial charge in [-0.1, -0.05) is 18.2 Å². The van der Waals surface area contributed by atoms with Crippen LogP contribution in [0.3, 0.4) is 0 Å². The van der Waals surface area contributed by atoms with Gasteiger partial charge >= 0.3 is 0 Å². The van der Waals surface area contributed by atoms with Crippen LogP contribution in [-0.4, -0.2) is 39.0 Å². The second-order valence-corrected chi connectivity index (χ2v) is 9.59. The van der Waals surface area contributed by atoms with E-state index in [1.54, 1.807) is 47.4 Å². The predicted molar refractivity (Wildman–Crippen MR) is 131 cm³/mol. The van der Waals surface area contributed by atoms with Gasteiger partial charge in [0.15, 0.2) is 11.5 Å². The standard InChI is InChI=1S/C26H28N2O5S/c1-3-32-24-16-20-14-15-28(18-21(20)17-25(24)33-4-2)26(29)19-10-12-22(13-11-19)27-34(30,31)23-8-6-5-7-9-23/h5-13,16-17,27H,3-4,14-15,18H2,1-2H3. The number of hydrogen-bond acceptors (Lipinski definition) is 5. The molecule has 0 bridgehead atoms. The molecule has 34 heavy (non-hydrogen) atoms. The Kier molecular flexibility index (Phi) is 7.07.